The summed E-state index contributed by atoms with van der Waals surface area (Å²) in [6.07, 6.45) is 2.79. The van der Waals surface area contributed by atoms with Gasteiger partial charge in [0.05, 0.1) is 5.70 Å². The van der Waals surface area contributed by atoms with Gasteiger partial charge in [-0.15, -0.1) is 0 Å². The Balaban J connectivity index is 2.06. The third kappa shape index (κ3) is 3.56. The fourth-order valence-corrected chi connectivity index (χ4v) is 3.45. The Morgan fingerprint density at radius 3 is 2.59 bits per heavy atom. The molecule has 2 aromatic carbocycles. The maximum atomic E-state index is 6.37. The molecule has 1 heterocycles. The number of anilines is 1. The molecule has 1 aliphatic heterocycles. The van der Waals surface area contributed by atoms with Gasteiger partial charge in [0, 0.05) is 40.8 Å². The van der Waals surface area contributed by atoms with Gasteiger partial charge in [0.1, 0.15) is 5.82 Å². The minimum atomic E-state index is 0.732. The van der Waals surface area contributed by atoms with Crippen molar-refractivity contribution in [3.8, 4) is 11.1 Å². The lowest BCUT2D eigenvalue weighted by Crippen LogP contribution is -2.30. The zero-order valence-electron chi connectivity index (χ0n) is 16.0. The predicted molar refractivity (Wildman–Crippen MR) is 118 cm³/mol. The Labute approximate surface area is 166 Å². The molecule has 1 aliphatic rings. The molecule has 3 rings (SSSR count). The second-order valence-corrected chi connectivity index (χ2v) is 6.91. The van der Waals surface area contributed by atoms with Crippen LogP contribution < -0.4 is 5.32 Å². The molecule has 0 aliphatic carbocycles. The summed E-state index contributed by atoms with van der Waals surface area (Å²) >= 11 is 6.37. The van der Waals surface area contributed by atoms with Gasteiger partial charge >= 0.3 is 0 Å². The number of halogens is 1. The summed E-state index contributed by atoms with van der Waals surface area (Å²) in [5.41, 5.74) is 7.16. The molecule has 0 radical (unpaired) electrons. The molecular formula is C23H24ClN3. The number of hydrogen-bond acceptors (Lipinski definition) is 3. The highest BCUT2D eigenvalue weighted by atomic mass is 35.5. The smallest absolute Gasteiger partial charge is 0.108 e. The highest BCUT2D eigenvalue weighted by molar-refractivity contribution is 6.33. The second-order valence-electron chi connectivity index (χ2n) is 6.50. The molecule has 0 amide bonds. The van der Waals surface area contributed by atoms with Crippen molar-refractivity contribution in [2.75, 3.05) is 12.4 Å². The first kappa shape index (κ1) is 19.0. The first-order chi connectivity index (χ1) is 13.0. The number of rotatable bonds is 4. The minimum absolute atomic E-state index is 0.732. The van der Waals surface area contributed by atoms with Gasteiger partial charge < -0.3 is 5.32 Å². The summed E-state index contributed by atoms with van der Waals surface area (Å²) in [5, 5.41) is 4.15. The molecule has 0 bridgehead atoms. The van der Waals surface area contributed by atoms with Crippen LogP contribution in [0.25, 0.3) is 16.8 Å². The number of nitrogens with zero attached hydrogens (tertiary/aromatic N) is 2. The molecule has 3 nitrogen and oxygen atoms in total. The van der Waals surface area contributed by atoms with E-state index in [0.29, 0.717) is 0 Å². The van der Waals surface area contributed by atoms with Crippen molar-refractivity contribution in [1.29, 1.82) is 0 Å². The van der Waals surface area contributed by atoms with Crippen molar-refractivity contribution in [3.05, 3.63) is 83.3 Å². The van der Waals surface area contributed by atoms with Crippen LogP contribution in [0.3, 0.4) is 0 Å². The van der Waals surface area contributed by atoms with E-state index in [0.717, 1.165) is 51.0 Å². The molecule has 138 valence electrons. The Morgan fingerprint density at radius 1 is 1.19 bits per heavy atom. The lowest BCUT2D eigenvalue weighted by Gasteiger charge is -2.36. The molecular weight excluding hydrogens is 354 g/mol. The van der Waals surface area contributed by atoms with Crippen LogP contribution in [0.2, 0.25) is 5.02 Å². The summed E-state index contributed by atoms with van der Waals surface area (Å²) in [4.78, 5) is 6.25. The summed E-state index contributed by atoms with van der Waals surface area (Å²) in [5.74, 6) is 0.756. The topological polar surface area (TPSA) is 27.6 Å². The monoisotopic (exact) mass is 377 g/mol. The van der Waals surface area contributed by atoms with Crippen molar-refractivity contribution in [3.63, 3.8) is 0 Å². The van der Waals surface area contributed by atoms with Crippen LogP contribution in [0.1, 0.15) is 25.8 Å². The Kier molecular flexibility index (Phi) is 5.52. The summed E-state index contributed by atoms with van der Waals surface area (Å²) < 4.78 is 0. The fourth-order valence-electron chi connectivity index (χ4n) is 3.21. The first-order valence-corrected chi connectivity index (χ1v) is 9.32. The van der Waals surface area contributed by atoms with E-state index >= 15 is 0 Å². The average molecular weight is 378 g/mol. The van der Waals surface area contributed by atoms with Gasteiger partial charge in [0.2, 0.25) is 0 Å². The summed E-state index contributed by atoms with van der Waals surface area (Å²) in [6.45, 7) is 12.8. The zero-order valence-corrected chi connectivity index (χ0v) is 16.8. The summed E-state index contributed by atoms with van der Waals surface area (Å²) in [6, 6.07) is 14.1. The molecule has 1 N–H and O–H groups in total. The van der Waals surface area contributed by atoms with E-state index in [1.807, 2.05) is 35.4 Å². The van der Waals surface area contributed by atoms with Crippen molar-refractivity contribution >= 4 is 29.2 Å². The van der Waals surface area contributed by atoms with Crippen LogP contribution in [-0.2, 0) is 0 Å². The van der Waals surface area contributed by atoms with E-state index in [4.69, 9.17) is 11.6 Å². The van der Waals surface area contributed by atoms with Crippen LogP contribution >= 0.6 is 11.6 Å². The van der Waals surface area contributed by atoms with Gasteiger partial charge in [-0.25, -0.2) is 0 Å². The number of benzene rings is 2. The van der Waals surface area contributed by atoms with Crippen molar-refractivity contribution in [2.45, 2.75) is 20.3 Å². The maximum Gasteiger partial charge on any atom is 0.108 e. The van der Waals surface area contributed by atoms with Gasteiger partial charge in [0.15, 0.2) is 0 Å². The van der Waals surface area contributed by atoms with Crippen LogP contribution in [0, 0.1) is 0 Å². The Bertz CT molecular complexity index is 969. The van der Waals surface area contributed by atoms with Crippen LogP contribution in [-0.4, -0.2) is 18.2 Å². The van der Waals surface area contributed by atoms with Crippen molar-refractivity contribution in [2.24, 2.45) is 4.99 Å². The van der Waals surface area contributed by atoms with Gasteiger partial charge in [-0.1, -0.05) is 62.0 Å². The van der Waals surface area contributed by atoms with Crippen LogP contribution in [0.5, 0.6) is 0 Å². The fraction of sp³-hybridized carbons (Fsp3) is 0.174. The highest BCUT2D eigenvalue weighted by Crippen LogP contribution is 2.40. The quantitative estimate of drug-likeness (QED) is 0.611. The molecule has 0 aromatic heterocycles. The minimum Gasteiger partial charge on any atom is -0.341 e. The lowest BCUT2D eigenvalue weighted by atomic mass is 9.98. The largest absolute Gasteiger partial charge is 0.341 e. The normalized spacial score (nSPS) is 14.9. The third-order valence-electron chi connectivity index (χ3n) is 4.79. The van der Waals surface area contributed by atoms with E-state index in [9.17, 15) is 0 Å². The summed E-state index contributed by atoms with van der Waals surface area (Å²) in [7, 11) is 1.77. The molecule has 0 saturated carbocycles. The van der Waals surface area contributed by atoms with E-state index < -0.39 is 0 Å². The highest BCUT2D eigenvalue weighted by Gasteiger charge is 2.26. The molecule has 2 aromatic rings. The molecule has 0 unspecified atom stereocenters. The van der Waals surface area contributed by atoms with E-state index in [1.165, 1.54) is 5.57 Å². The van der Waals surface area contributed by atoms with Crippen LogP contribution in [0.15, 0.2) is 77.7 Å². The Hall–Kier alpha value is -2.78. The third-order valence-corrected chi connectivity index (χ3v) is 5.12. The Morgan fingerprint density at radius 2 is 1.93 bits per heavy atom. The van der Waals surface area contributed by atoms with Crippen LogP contribution in [0.4, 0.5) is 5.69 Å². The molecule has 0 atom stereocenters. The van der Waals surface area contributed by atoms with Gasteiger partial charge in [-0.2, -0.15) is 0 Å². The zero-order chi connectivity index (χ0) is 19.6. The molecule has 0 spiro atoms. The number of fused-ring (bicyclic) bond motifs is 1. The lowest BCUT2D eigenvalue weighted by molar-refractivity contribution is 0.623. The van der Waals surface area contributed by atoms with Crippen molar-refractivity contribution < 1.29 is 0 Å². The second kappa shape index (κ2) is 7.85. The number of nitrogens with one attached hydrogen (secondary N) is 1. The van der Waals surface area contributed by atoms with Gasteiger partial charge in [-0.3, -0.25) is 9.89 Å². The van der Waals surface area contributed by atoms with E-state index in [1.54, 1.807) is 7.05 Å². The molecule has 0 saturated heterocycles. The number of hydrogen-bond donors (Lipinski definition) is 1. The predicted octanol–water partition coefficient (Wildman–Crippen LogP) is 6.56. The number of allylic oxidation sites excluding steroid dienone is 2. The standard InChI is InChI=1S/C23H24ClN3/c1-6-15(2)23(14-25-5)27-16(3)19-12-11-18(13-22(19)26-17(27)4)20-9-7-8-10-21(20)24/h7-14,26H,3-4,6H2,1-2,5H3/b23-15-,25-14?. The SMILES string of the molecule is C=C1Nc2cc(-c3ccccc3Cl)ccc2C(=C)N1/C(C=NC)=C(/C)CC. The van der Waals surface area contributed by atoms with E-state index in [2.05, 4.69) is 55.5 Å². The number of aliphatic imine (C=N–C) groups is 1. The van der Waals surface area contributed by atoms with Gasteiger partial charge in [-0.05, 0) is 36.6 Å². The molecule has 0 fully saturated rings. The average Bonchev–Trinajstić information content (AvgIpc) is 2.66. The maximum absolute atomic E-state index is 6.37. The first-order valence-electron chi connectivity index (χ1n) is 8.94. The van der Waals surface area contributed by atoms with Gasteiger partial charge in [0.25, 0.3) is 0 Å². The molecule has 27 heavy (non-hydrogen) atoms. The van der Waals surface area contributed by atoms with E-state index in [-0.39, 0.29) is 0 Å². The van der Waals surface area contributed by atoms with Crippen molar-refractivity contribution in [1.82, 2.24) is 4.90 Å². The molecule has 4 heteroatoms.